The Morgan fingerprint density at radius 1 is 1.08 bits per heavy atom. The third-order valence-electron chi connectivity index (χ3n) is 8.08. The molecule has 2 aromatic carbocycles. The molecule has 0 saturated carbocycles. The van der Waals surface area contributed by atoms with Crippen molar-refractivity contribution in [3.63, 3.8) is 0 Å². The highest BCUT2D eigenvalue weighted by molar-refractivity contribution is 5.97. The first-order valence-electron chi connectivity index (χ1n) is 13.1. The van der Waals surface area contributed by atoms with Gasteiger partial charge in [0.1, 0.15) is 6.04 Å². The van der Waals surface area contributed by atoms with E-state index < -0.39 is 18.1 Å². The third kappa shape index (κ3) is 4.12. The molecular weight excluding hydrogens is 466 g/mol. The maximum absolute atomic E-state index is 13.8. The molecule has 3 aromatic rings. The highest BCUT2D eigenvalue weighted by atomic mass is 16.5. The zero-order valence-corrected chi connectivity index (χ0v) is 21.0. The number of nitrogens with one attached hydrogen (secondary N) is 1. The van der Waals surface area contributed by atoms with Crippen LogP contribution in [0.5, 0.6) is 0 Å². The molecule has 0 spiro atoms. The summed E-state index contributed by atoms with van der Waals surface area (Å²) in [4.78, 5) is 46.6. The molecule has 7 heteroatoms. The lowest BCUT2D eigenvalue weighted by Gasteiger charge is -2.47. The van der Waals surface area contributed by atoms with Crippen LogP contribution >= 0.6 is 0 Å². The van der Waals surface area contributed by atoms with Crippen molar-refractivity contribution in [1.82, 2.24) is 14.8 Å². The fourth-order valence-electron chi connectivity index (χ4n) is 6.19. The second kappa shape index (κ2) is 9.54. The SMILES string of the molecule is COC(=O)c1ccc(C2c3[nH]c4ccccc4c3CC3C(=O)N(CCC4=CCCCC4)CC(=O)N32)cc1. The van der Waals surface area contributed by atoms with Gasteiger partial charge in [0.05, 0.1) is 25.3 Å². The summed E-state index contributed by atoms with van der Waals surface area (Å²) in [5.41, 5.74) is 5.71. The zero-order chi connectivity index (χ0) is 25.5. The number of H-pyrrole nitrogens is 1. The monoisotopic (exact) mass is 497 g/mol. The third-order valence-corrected chi connectivity index (χ3v) is 8.08. The van der Waals surface area contributed by atoms with Gasteiger partial charge in [-0.25, -0.2) is 4.79 Å². The van der Waals surface area contributed by atoms with E-state index in [0.29, 0.717) is 18.5 Å². The summed E-state index contributed by atoms with van der Waals surface area (Å²) >= 11 is 0. The first kappa shape index (κ1) is 23.5. The van der Waals surface area contributed by atoms with Crippen molar-refractivity contribution >= 4 is 28.7 Å². The second-order valence-corrected chi connectivity index (χ2v) is 10.2. The molecule has 2 aliphatic heterocycles. The molecule has 0 radical (unpaired) electrons. The molecule has 1 aromatic heterocycles. The summed E-state index contributed by atoms with van der Waals surface area (Å²) in [5, 5.41) is 1.08. The van der Waals surface area contributed by atoms with Crippen LogP contribution in [0.4, 0.5) is 0 Å². The molecule has 6 rings (SSSR count). The highest BCUT2D eigenvalue weighted by Gasteiger charge is 2.48. The molecule has 2 atom stereocenters. The van der Waals surface area contributed by atoms with Gasteiger partial charge in [-0.15, -0.1) is 0 Å². The molecule has 190 valence electrons. The van der Waals surface area contributed by atoms with E-state index in [9.17, 15) is 14.4 Å². The summed E-state index contributed by atoms with van der Waals surface area (Å²) < 4.78 is 4.85. The number of esters is 1. The van der Waals surface area contributed by atoms with Crippen molar-refractivity contribution in [2.45, 2.75) is 50.6 Å². The van der Waals surface area contributed by atoms with Gasteiger partial charge in [-0.05, 0) is 61.4 Å². The standard InChI is InChI=1S/C30H31N3O4/c1-37-30(36)21-13-11-20(12-14-21)28-27-23(22-9-5-6-10-24(22)31-27)17-25-29(35)32(18-26(34)33(25)28)16-15-19-7-3-2-4-8-19/h5-7,9-14,25,28,31H,2-4,8,15-18H2,1H3. The smallest absolute Gasteiger partial charge is 0.337 e. The Morgan fingerprint density at radius 2 is 1.89 bits per heavy atom. The molecule has 2 unspecified atom stereocenters. The number of ether oxygens (including phenoxy) is 1. The van der Waals surface area contributed by atoms with E-state index in [1.54, 1.807) is 21.9 Å². The van der Waals surface area contributed by atoms with Gasteiger partial charge < -0.3 is 19.5 Å². The van der Waals surface area contributed by atoms with E-state index in [1.165, 1.54) is 25.5 Å². The van der Waals surface area contributed by atoms with Crippen LogP contribution in [0.2, 0.25) is 0 Å². The van der Waals surface area contributed by atoms with Gasteiger partial charge in [-0.2, -0.15) is 0 Å². The Bertz CT molecular complexity index is 1400. The van der Waals surface area contributed by atoms with E-state index in [0.717, 1.165) is 47.0 Å². The number of methoxy groups -OCH3 is 1. The van der Waals surface area contributed by atoms with E-state index in [2.05, 4.69) is 17.1 Å². The van der Waals surface area contributed by atoms with Crippen LogP contribution in [-0.2, 0) is 20.7 Å². The lowest BCUT2D eigenvalue weighted by atomic mass is 9.86. The molecule has 1 aliphatic carbocycles. The number of carbonyl (C=O) groups is 3. The van der Waals surface area contributed by atoms with Crippen LogP contribution in [0.25, 0.3) is 10.9 Å². The van der Waals surface area contributed by atoms with Gasteiger partial charge in [0.15, 0.2) is 0 Å². The predicted octanol–water partition coefficient (Wildman–Crippen LogP) is 4.53. The Morgan fingerprint density at radius 3 is 2.65 bits per heavy atom. The number of piperazine rings is 1. The summed E-state index contributed by atoms with van der Waals surface area (Å²) in [7, 11) is 1.35. The van der Waals surface area contributed by atoms with E-state index >= 15 is 0 Å². The zero-order valence-electron chi connectivity index (χ0n) is 21.0. The fourth-order valence-corrected chi connectivity index (χ4v) is 6.19. The molecular formula is C30H31N3O4. The van der Waals surface area contributed by atoms with Gasteiger partial charge in [0, 0.05) is 29.6 Å². The molecule has 3 heterocycles. The minimum absolute atomic E-state index is 0.0168. The molecule has 1 saturated heterocycles. The van der Waals surface area contributed by atoms with E-state index in [1.807, 2.05) is 30.3 Å². The number of aromatic amines is 1. The molecule has 37 heavy (non-hydrogen) atoms. The van der Waals surface area contributed by atoms with Crippen molar-refractivity contribution in [2.75, 3.05) is 20.2 Å². The highest BCUT2D eigenvalue weighted by Crippen LogP contribution is 2.42. The minimum Gasteiger partial charge on any atom is -0.465 e. The number of para-hydroxylation sites is 1. The maximum atomic E-state index is 13.8. The number of nitrogens with zero attached hydrogens (tertiary/aromatic N) is 2. The van der Waals surface area contributed by atoms with E-state index in [4.69, 9.17) is 4.74 Å². The maximum Gasteiger partial charge on any atom is 0.337 e. The Labute approximate surface area is 216 Å². The normalized spacial score (nSPS) is 21.5. The molecule has 1 N–H and O–H groups in total. The van der Waals surface area contributed by atoms with Crippen molar-refractivity contribution in [3.8, 4) is 0 Å². The quantitative estimate of drug-likeness (QED) is 0.415. The number of hydrogen-bond acceptors (Lipinski definition) is 4. The lowest BCUT2D eigenvalue weighted by molar-refractivity contribution is -0.158. The number of allylic oxidation sites excluding steroid dienone is 1. The summed E-state index contributed by atoms with van der Waals surface area (Å²) in [6.07, 6.45) is 8.26. The topological polar surface area (TPSA) is 82.7 Å². The predicted molar refractivity (Wildman–Crippen MR) is 140 cm³/mol. The first-order valence-corrected chi connectivity index (χ1v) is 13.1. The first-order chi connectivity index (χ1) is 18.0. The molecule has 7 nitrogen and oxygen atoms in total. The number of carbonyl (C=O) groups excluding carboxylic acids is 3. The van der Waals surface area contributed by atoms with Crippen molar-refractivity contribution in [2.24, 2.45) is 0 Å². The number of amides is 2. The van der Waals surface area contributed by atoms with Crippen LogP contribution in [0, 0.1) is 0 Å². The second-order valence-electron chi connectivity index (χ2n) is 10.2. The average Bonchev–Trinajstić information content (AvgIpc) is 3.31. The summed E-state index contributed by atoms with van der Waals surface area (Å²) in [6.45, 7) is 0.675. The number of benzene rings is 2. The van der Waals surface area contributed by atoms with Crippen LogP contribution in [-0.4, -0.2) is 58.8 Å². The lowest BCUT2D eigenvalue weighted by Crippen LogP contribution is -2.63. The summed E-state index contributed by atoms with van der Waals surface area (Å²) in [5.74, 6) is -0.441. The molecule has 3 aliphatic rings. The van der Waals surface area contributed by atoms with Crippen LogP contribution < -0.4 is 0 Å². The minimum atomic E-state index is -0.557. The molecule has 0 bridgehead atoms. The Hall–Kier alpha value is -3.87. The molecule has 2 amide bonds. The Kier molecular flexibility index (Phi) is 6.07. The molecule has 1 fully saturated rings. The fraction of sp³-hybridized carbons (Fsp3) is 0.367. The average molecular weight is 498 g/mol. The van der Waals surface area contributed by atoms with Crippen molar-refractivity contribution in [3.05, 3.63) is 82.6 Å². The van der Waals surface area contributed by atoms with Gasteiger partial charge in [0.2, 0.25) is 11.8 Å². The van der Waals surface area contributed by atoms with Gasteiger partial charge in [-0.3, -0.25) is 9.59 Å². The van der Waals surface area contributed by atoms with Gasteiger partial charge >= 0.3 is 5.97 Å². The van der Waals surface area contributed by atoms with Crippen molar-refractivity contribution in [1.29, 1.82) is 0 Å². The number of rotatable bonds is 5. The van der Waals surface area contributed by atoms with Gasteiger partial charge in [0.25, 0.3) is 0 Å². The van der Waals surface area contributed by atoms with E-state index in [-0.39, 0.29) is 18.4 Å². The van der Waals surface area contributed by atoms with Crippen LogP contribution in [0.3, 0.4) is 0 Å². The number of hydrogen-bond donors (Lipinski definition) is 1. The number of fused-ring (bicyclic) bond motifs is 4. The van der Waals surface area contributed by atoms with Crippen LogP contribution in [0.15, 0.2) is 60.2 Å². The van der Waals surface area contributed by atoms with Crippen molar-refractivity contribution < 1.29 is 19.1 Å². The number of aromatic nitrogens is 1. The summed E-state index contributed by atoms with van der Waals surface area (Å²) in [6, 6.07) is 14.2. The van der Waals surface area contributed by atoms with Crippen LogP contribution in [0.1, 0.15) is 65.3 Å². The largest absolute Gasteiger partial charge is 0.465 e. The Balaban J connectivity index is 1.38. The van der Waals surface area contributed by atoms with Gasteiger partial charge in [-0.1, -0.05) is 42.0 Å².